The van der Waals surface area contributed by atoms with Crippen LogP contribution in [0.15, 0.2) is 6.33 Å². The normalized spacial score (nSPS) is 9.67. The summed E-state index contributed by atoms with van der Waals surface area (Å²) in [5.41, 5.74) is 0. The minimum Gasteiger partial charge on any atom is -0.476 e. The molecule has 0 bridgehead atoms. The van der Waals surface area contributed by atoms with E-state index in [0.717, 1.165) is 0 Å². The third-order valence-corrected chi connectivity index (χ3v) is 1.20. The van der Waals surface area contributed by atoms with Gasteiger partial charge in [-0.3, -0.25) is 4.79 Å². The van der Waals surface area contributed by atoms with Gasteiger partial charge in [-0.05, 0) is 10.4 Å². The summed E-state index contributed by atoms with van der Waals surface area (Å²) in [4.78, 5) is 20.6. The Labute approximate surface area is 67.0 Å². The molecule has 1 N–H and O–H groups in total. The molecular weight excluding hydrogens is 164 g/mol. The summed E-state index contributed by atoms with van der Waals surface area (Å²) >= 11 is 0. The lowest BCUT2D eigenvalue weighted by molar-refractivity contribution is -0.149. The predicted octanol–water partition coefficient (Wildman–Crippen LogP) is -1.28. The maximum Gasteiger partial charge on any atom is 0.372 e. The Bertz CT molecular complexity index is 281. The van der Waals surface area contributed by atoms with Crippen molar-refractivity contribution in [3.05, 3.63) is 6.33 Å². The zero-order chi connectivity index (χ0) is 8.97. The van der Waals surface area contributed by atoms with E-state index in [9.17, 15) is 9.59 Å². The van der Waals surface area contributed by atoms with Crippen molar-refractivity contribution < 1.29 is 14.7 Å². The molecule has 0 aliphatic heterocycles. The quantitative estimate of drug-likeness (QED) is 0.565. The molecule has 1 aromatic heterocycles. The van der Waals surface area contributed by atoms with Crippen molar-refractivity contribution in [2.24, 2.45) is 0 Å². The summed E-state index contributed by atoms with van der Waals surface area (Å²) in [5, 5.41) is 18.3. The van der Waals surface area contributed by atoms with Gasteiger partial charge in [0, 0.05) is 6.42 Å². The van der Waals surface area contributed by atoms with E-state index < -0.39 is 11.8 Å². The van der Waals surface area contributed by atoms with Gasteiger partial charge in [-0.2, -0.15) is 0 Å². The number of carbonyl (C=O) groups is 2. The molecule has 0 atom stereocenters. The van der Waals surface area contributed by atoms with Crippen molar-refractivity contribution in [3.8, 4) is 0 Å². The Morgan fingerprint density at radius 3 is 2.75 bits per heavy atom. The average molecular weight is 170 g/mol. The van der Waals surface area contributed by atoms with Crippen molar-refractivity contribution in [1.82, 2.24) is 20.2 Å². The number of hydrogen-bond donors (Lipinski definition) is 1. The van der Waals surface area contributed by atoms with Gasteiger partial charge in [0.05, 0.1) is 6.54 Å². The third-order valence-electron chi connectivity index (χ3n) is 1.20. The highest BCUT2D eigenvalue weighted by molar-refractivity contribution is 6.32. The van der Waals surface area contributed by atoms with Gasteiger partial charge in [0.1, 0.15) is 6.33 Å². The van der Waals surface area contributed by atoms with Gasteiger partial charge in [0.2, 0.25) is 5.78 Å². The zero-order valence-corrected chi connectivity index (χ0v) is 6.04. The summed E-state index contributed by atoms with van der Waals surface area (Å²) in [7, 11) is 0. The van der Waals surface area contributed by atoms with Crippen LogP contribution >= 0.6 is 0 Å². The number of aliphatic carboxylic acids is 1. The van der Waals surface area contributed by atoms with E-state index in [1.54, 1.807) is 0 Å². The molecule has 0 unspecified atom stereocenters. The molecule has 0 amide bonds. The van der Waals surface area contributed by atoms with Crippen LogP contribution in [0.2, 0.25) is 0 Å². The maximum atomic E-state index is 10.6. The molecule has 64 valence electrons. The Morgan fingerprint density at radius 2 is 2.25 bits per heavy atom. The van der Waals surface area contributed by atoms with Crippen molar-refractivity contribution in [3.63, 3.8) is 0 Å². The van der Waals surface area contributed by atoms with Crippen molar-refractivity contribution in [2.45, 2.75) is 13.0 Å². The second-order valence-electron chi connectivity index (χ2n) is 2.05. The number of carbonyl (C=O) groups excluding carboxylic acids is 1. The fourth-order valence-corrected chi connectivity index (χ4v) is 0.606. The molecular formula is C5H6N4O3. The summed E-state index contributed by atoms with van der Waals surface area (Å²) in [6, 6.07) is 0. The summed E-state index contributed by atoms with van der Waals surface area (Å²) in [6.45, 7) is 0.193. The van der Waals surface area contributed by atoms with Crippen LogP contribution in [0, 0.1) is 0 Å². The van der Waals surface area contributed by atoms with E-state index in [0.29, 0.717) is 0 Å². The monoisotopic (exact) mass is 170 g/mol. The molecule has 0 radical (unpaired) electrons. The second kappa shape index (κ2) is 3.56. The van der Waals surface area contributed by atoms with E-state index in [4.69, 9.17) is 5.11 Å². The first-order chi connectivity index (χ1) is 5.70. The van der Waals surface area contributed by atoms with Gasteiger partial charge in [-0.15, -0.1) is 5.10 Å². The first-order valence-corrected chi connectivity index (χ1v) is 3.17. The fraction of sp³-hybridized carbons (Fsp3) is 0.400. The number of tetrazole rings is 1. The molecule has 0 aromatic carbocycles. The van der Waals surface area contributed by atoms with E-state index in [-0.39, 0.29) is 13.0 Å². The van der Waals surface area contributed by atoms with Crippen LogP contribution < -0.4 is 0 Å². The number of Topliss-reactive ketones (excluding diaryl/α,β-unsaturated/α-hetero) is 1. The number of carboxylic acid groups (broad SMARTS) is 1. The smallest absolute Gasteiger partial charge is 0.372 e. The molecule has 0 aliphatic carbocycles. The van der Waals surface area contributed by atoms with E-state index >= 15 is 0 Å². The lowest BCUT2D eigenvalue weighted by atomic mass is 10.3. The van der Waals surface area contributed by atoms with Gasteiger partial charge in [0.25, 0.3) is 0 Å². The molecule has 7 nitrogen and oxygen atoms in total. The number of rotatable bonds is 4. The lowest BCUT2D eigenvalue weighted by Crippen LogP contribution is -2.15. The number of hydrogen-bond acceptors (Lipinski definition) is 5. The van der Waals surface area contributed by atoms with Crippen LogP contribution in [0.4, 0.5) is 0 Å². The predicted molar refractivity (Wildman–Crippen MR) is 35.1 cm³/mol. The van der Waals surface area contributed by atoms with E-state index in [1.165, 1.54) is 11.0 Å². The molecule has 0 saturated heterocycles. The first kappa shape index (κ1) is 8.31. The van der Waals surface area contributed by atoms with Gasteiger partial charge in [-0.1, -0.05) is 0 Å². The maximum absolute atomic E-state index is 10.6. The summed E-state index contributed by atoms with van der Waals surface area (Å²) < 4.78 is 1.29. The zero-order valence-electron chi connectivity index (χ0n) is 6.04. The largest absolute Gasteiger partial charge is 0.476 e. The summed E-state index contributed by atoms with van der Waals surface area (Å²) in [6.07, 6.45) is 1.22. The summed E-state index contributed by atoms with van der Waals surface area (Å²) in [5.74, 6) is -2.27. The van der Waals surface area contributed by atoms with Gasteiger partial charge in [-0.25, -0.2) is 9.48 Å². The van der Waals surface area contributed by atoms with Gasteiger partial charge in [0.15, 0.2) is 0 Å². The van der Waals surface area contributed by atoms with Crippen LogP contribution in [0.5, 0.6) is 0 Å². The molecule has 1 heterocycles. The molecule has 0 aliphatic rings. The molecule has 1 aromatic rings. The second-order valence-corrected chi connectivity index (χ2v) is 2.05. The Morgan fingerprint density at radius 1 is 1.50 bits per heavy atom. The van der Waals surface area contributed by atoms with Gasteiger partial charge < -0.3 is 5.11 Å². The Balaban J connectivity index is 2.37. The van der Waals surface area contributed by atoms with Crippen LogP contribution in [0.3, 0.4) is 0 Å². The highest BCUT2D eigenvalue weighted by Gasteiger charge is 2.10. The Kier molecular flexibility index (Phi) is 2.46. The number of ketones is 1. The minimum atomic E-state index is -1.43. The minimum absolute atomic E-state index is 0.0969. The van der Waals surface area contributed by atoms with Crippen LogP contribution in [0.25, 0.3) is 0 Å². The van der Waals surface area contributed by atoms with Crippen LogP contribution in [0.1, 0.15) is 6.42 Å². The van der Waals surface area contributed by atoms with Crippen LogP contribution in [-0.4, -0.2) is 37.1 Å². The molecule has 0 fully saturated rings. The standard InChI is InChI=1S/C5H6N4O3/c10-4(5(11)12)1-2-9-3-6-7-8-9/h3H,1-2H2,(H,11,12). The number of aromatic nitrogens is 4. The molecule has 0 spiro atoms. The number of aryl methyl sites for hydroxylation is 1. The lowest BCUT2D eigenvalue weighted by Gasteiger charge is -1.94. The van der Waals surface area contributed by atoms with Crippen LogP contribution in [-0.2, 0) is 16.1 Å². The fourth-order valence-electron chi connectivity index (χ4n) is 0.606. The van der Waals surface area contributed by atoms with Crippen molar-refractivity contribution in [1.29, 1.82) is 0 Å². The topological polar surface area (TPSA) is 98.0 Å². The average Bonchev–Trinajstić information content (AvgIpc) is 2.51. The number of carboxylic acids is 1. The first-order valence-electron chi connectivity index (χ1n) is 3.17. The number of nitrogens with zero attached hydrogens (tertiary/aromatic N) is 4. The SMILES string of the molecule is O=C(O)C(=O)CCn1cnnn1. The van der Waals surface area contributed by atoms with Crippen molar-refractivity contribution >= 4 is 11.8 Å². The van der Waals surface area contributed by atoms with E-state index in [1.807, 2.05) is 0 Å². The highest BCUT2D eigenvalue weighted by atomic mass is 16.4. The van der Waals surface area contributed by atoms with Gasteiger partial charge >= 0.3 is 5.97 Å². The molecule has 12 heavy (non-hydrogen) atoms. The third kappa shape index (κ3) is 2.11. The van der Waals surface area contributed by atoms with E-state index in [2.05, 4.69) is 15.5 Å². The molecule has 7 heteroatoms. The highest BCUT2D eigenvalue weighted by Crippen LogP contribution is 1.87. The molecule has 1 rings (SSSR count). The van der Waals surface area contributed by atoms with Crippen molar-refractivity contribution in [2.75, 3.05) is 0 Å². The molecule has 0 saturated carbocycles. The Hall–Kier alpha value is -1.79.